The van der Waals surface area contributed by atoms with Crippen LogP contribution in [0.1, 0.15) is 24.8 Å². The average molecular weight is 444 g/mol. The molecule has 0 radical (unpaired) electrons. The quantitative estimate of drug-likeness (QED) is 0.675. The van der Waals surface area contributed by atoms with E-state index in [9.17, 15) is 23.2 Å². The summed E-state index contributed by atoms with van der Waals surface area (Å²) in [5.41, 5.74) is -2.34. The van der Waals surface area contributed by atoms with Gasteiger partial charge in [-0.15, -0.1) is 0 Å². The standard InChI is InChI=1S/C23H23F3N4O2/c1-29-9-6-16(7-10-29)32-20(31)21-12-22(21,23(24,25)26)14-30(13-21)18-5-4-15(11-27)19-17(18)3-2-8-28-19/h2-5,8,16H,6-7,9-10,12-14H2,1H3. The maximum Gasteiger partial charge on any atom is 0.397 e. The van der Waals surface area contributed by atoms with Crippen molar-refractivity contribution >= 4 is 22.6 Å². The number of anilines is 1. The van der Waals surface area contributed by atoms with Crippen molar-refractivity contribution in [2.75, 3.05) is 38.1 Å². The van der Waals surface area contributed by atoms with Crippen LogP contribution < -0.4 is 4.90 Å². The molecule has 1 aromatic carbocycles. The zero-order valence-electron chi connectivity index (χ0n) is 17.7. The van der Waals surface area contributed by atoms with Crippen molar-refractivity contribution in [3.8, 4) is 6.07 Å². The SMILES string of the molecule is CN1CCC(OC(=O)C23CN(c4ccc(C#N)c5ncccc45)CC2(C(F)(F)F)C3)CC1. The third kappa shape index (κ3) is 2.96. The molecule has 5 rings (SSSR count). The third-order valence-electron chi connectivity index (χ3n) is 7.40. The Morgan fingerprint density at radius 2 is 2.00 bits per heavy atom. The van der Waals surface area contributed by atoms with Gasteiger partial charge >= 0.3 is 12.1 Å². The van der Waals surface area contributed by atoms with Gasteiger partial charge in [0.05, 0.1) is 11.1 Å². The highest BCUT2D eigenvalue weighted by Crippen LogP contribution is 2.75. The van der Waals surface area contributed by atoms with Crippen LogP contribution in [0.5, 0.6) is 0 Å². The molecule has 0 spiro atoms. The Balaban J connectivity index is 1.47. The van der Waals surface area contributed by atoms with Gasteiger partial charge in [-0.2, -0.15) is 18.4 Å². The van der Waals surface area contributed by atoms with Crippen LogP contribution in [0.2, 0.25) is 0 Å². The summed E-state index contributed by atoms with van der Waals surface area (Å²) in [6.45, 7) is 1.14. The minimum atomic E-state index is -4.52. The summed E-state index contributed by atoms with van der Waals surface area (Å²) in [6.07, 6.45) is -2.29. The zero-order chi connectivity index (χ0) is 22.7. The van der Waals surface area contributed by atoms with Crippen LogP contribution in [0.4, 0.5) is 18.9 Å². The number of nitrogens with zero attached hydrogens (tertiary/aromatic N) is 4. The van der Waals surface area contributed by atoms with E-state index in [4.69, 9.17) is 4.74 Å². The first-order valence-electron chi connectivity index (χ1n) is 10.7. The van der Waals surface area contributed by atoms with Gasteiger partial charge in [-0.25, -0.2) is 0 Å². The number of ether oxygens (including phenoxy) is 1. The number of esters is 1. The maximum atomic E-state index is 14.2. The molecule has 2 aromatic rings. The van der Waals surface area contributed by atoms with Gasteiger partial charge < -0.3 is 14.5 Å². The number of carbonyl (C=O) groups excluding carboxylic acids is 1. The largest absolute Gasteiger partial charge is 0.462 e. The van der Waals surface area contributed by atoms with Crippen LogP contribution in [-0.4, -0.2) is 61.4 Å². The predicted octanol–water partition coefficient (Wildman–Crippen LogP) is 3.50. The van der Waals surface area contributed by atoms with E-state index >= 15 is 0 Å². The Kier molecular flexibility index (Phi) is 4.64. The van der Waals surface area contributed by atoms with Gasteiger partial charge in [0.1, 0.15) is 23.0 Å². The third-order valence-corrected chi connectivity index (χ3v) is 7.40. The van der Waals surface area contributed by atoms with Crippen molar-refractivity contribution in [3.05, 3.63) is 36.0 Å². The lowest BCUT2D eigenvalue weighted by Crippen LogP contribution is -2.39. The second-order valence-electron chi connectivity index (χ2n) is 9.25. The molecule has 0 bridgehead atoms. The molecule has 32 heavy (non-hydrogen) atoms. The maximum absolute atomic E-state index is 14.2. The summed E-state index contributed by atoms with van der Waals surface area (Å²) in [5, 5.41) is 9.96. The van der Waals surface area contributed by atoms with Gasteiger partial charge in [0.15, 0.2) is 0 Å². The van der Waals surface area contributed by atoms with Gasteiger partial charge in [0.2, 0.25) is 0 Å². The zero-order valence-corrected chi connectivity index (χ0v) is 17.7. The molecule has 2 aliphatic heterocycles. The number of piperidine rings is 2. The highest BCUT2D eigenvalue weighted by molar-refractivity contribution is 5.96. The molecule has 9 heteroatoms. The van der Waals surface area contributed by atoms with Crippen molar-refractivity contribution in [3.63, 3.8) is 0 Å². The monoisotopic (exact) mass is 444 g/mol. The number of alkyl halides is 3. The fourth-order valence-electron chi connectivity index (χ4n) is 5.45. The van der Waals surface area contributed by atoms with Crippen molar-refractivity contribution < 1.29 is 22.7 Å². The molecule has 1 aliphatic carbocycles. The summed E-state index contributed by atoms with van der Waals surface area (Å²) < 4.78 is 48.4. The molecule has 2 saturated heterocycles. The predicted molar refractivity (Wildman–Crippen MR) is 111 cm³/mol. The Morgan fingerprint density at radius 3 is 2.69 bits per heavy atom. The van der Waals surface area contributed by atoms with E-state index in [1.165, 1.54) is 0 Å². The van der Waals surface area contributed by atoms with Gasteiger partial charge in [0.25, 0.3) is 0 Å². The molecule has 2 unspecified atom stereocenters. The molecule has 1 saturated carbocycles. The van der Waals surface area contributed by atoms with E-state index in [0.29, 0.717) is 35.0 Å². The summed E-state index contributed by atoms with van der Waals surface area (Å²) in [7, 11) is 1.97. The van der Waals surface area contributed by atoms with E-state index in [2.05, 4.69) is 16.0 Å². The minimum Gasteiger partial charge on any atom is -0.462 e. The smallest absolute Gasteiger partial charge is 0.397 e. The number of aromatic nitrogens is 1. The van der Waals surface area contributed by atoms with Crippen molar-refractivity contribution in [1.82, 2.24) is 9.88 Å². The first kappa shape index (κ1) is 21.0. The summed E-state index contributed by atoms with van der Waals surface area (Å²) in [5.74, 6) is -0.733. The fraction of sp³-hybridized carbons (Fsp3) is 0.522. The Morgan fingerprint density at radius 1 is 1.25 bits per heavy atom. The average Bonchev–Trinajstić information content (AvgIpc) is 3.32. The molecule has 3 aliphatic rings. The summed E-state index contributed by atoms with van der Waals surface area (Å²) >= 11 is 0. The van der Waals surface area contributed by atoms with E-state index in [1.54, 1.807) is 35.4 Å². The van der Waals surface area contributed by atoms with E-state index < -0.39 is 23.0 Å². The second kappa shape index (κ2) is 7.07. The molecular formula is C23H23F3N4O2. The van der Waals surface area contributed by atoms with Gasteiger partial charge in [-0.05, 0) is 50.6 Å². The normalized spacial score (nSPS) is 28.4. The van der Waals surface area contributed by atoms with Crippen LogP contribution in [0.25, 0.3) is 10.9 Å². The molecule has 3 fully saturated rings. The van der Waals surface area contributed by atoms with Crippen molar-refractivity contribution in [1.29, 1.82) is 5.26 Å². The van der Waals surface area contributed by atoms with Crippen LogP contribution >= 0.6 is 0 Å². The van der Waals surface area contributed by atoms with E-state index in [0.717, 1.165) is 13.1 Å². The first-order chi connectivity index (χ1) is 15.2. The van der Waals surface area contributed by atoms with Crippen LogP contribution in [0.3, 0.4) is 0 Å². The molecule has 0 N–H and O–H groups in total. The number of carbonyl (C=O) groups is 1. The number of likely N-dealkylation sites (tertiary alicyclic amines) is 1. The highest BCUT2D eigenvalue weighted by atomic mass is 19.4. The van der Waals surface area contributed by atoms with E-state index in [-0.39, 0.29) is 25.6 Å². The van der Waals surface area contributed by atoms with Gasteiger partial charge in [-0.1, -0.05) is 0 Å². The topological polar surface area (TPSA) is 69.5 Å². The summed E-state index contributed by atoms with van der Waals surface area (Å²) in [4.78, 5) is 21.1. The lowest BCUT2D eigenvalue weighted by Gasteiger charge is -2.30. The second-order valence-corrected chi connectivity index (χ2v) is 9.25. The first-order valence-corrected chi connectivity index (χ1v) is 10.7. The molecular weight excluding hydrogens is 421 g/mol. The lowest BCUT2D eigenvalue weighted by molar-refractivity contribution is -0.197. The number of halogens is 3. The number of benzene rings is 1. The summed E-state index contributed by atoms with van der Waals surface area (Å²) in [6, 6.07) is 8.72. The highest BCUT2D eigenvalue weighted by Gasteiger charge is 2.87. The van der Waals surface area contributed by atoms with Crippen LogP contribution in [-0.2, 0) is 9.53 Å². The minimum absolute atomic E-state index is 0.0616. The number of hydrogen-bond acceptors (Lipinski definition) is 6. The van der Waals surface area contributed by atoms with Crippen molar-refractivity contribution in [2.24, 2.45) is 10.8 Å². The molecule has 2 atom stereocenters. The Bertz CT molecular complexity index is 1120. The fourth-order valence-corrected chi connectivity index (χ4v) is 5.45. The Hall–Kier alpha value is -2.86. The van der Waals surface area contributed by atoms with Crippen molar-refractivity contribution in [2.45, 2.75) is 31.5 Å². The molecule has 168 valence electrons. The number of fused-ring (bicyclic) bond motifs is 2. The van der Waals surface area contributed by atoms with E-state index in [1.807, 2.05) is 7.05 Å². The number of pyridine rings is 1. The number of hydrogen-bond donors (Lipinski definition) is 0. The lowest BCUT2D eigenvalue weighted by atomic mass is 9.95. The molecule has 0 amide bonds. The number of nitriles is 1. The van der Waals surface area contributed by atoms with Crippen LogP contribution in [0, 0.1) is 22.2 Å². The van der Waals surface area contributed by atoms with Gasteiger partial charge in [0, 0.05) is 43.4 Å². The molecule has 6 nitrogen and oxygen atoms in total. The molecule has 3 heterocycles. The number of rotatable bonds is 3. The Labute approximate surface area is 183 Å². The molecule has 1 aromatic heterocycles. The van der Waals surface area contributed by atoms with Crippen LogP contribution in [0.15, 0.2) is 30.5 Å². The van der Waals surface area contributed by atoms with Gasteiger partial charge in [-0.3, -0.25) is 9.78 Å².